The van der Waals surface area contributed by atoms with Crippen LogP contribution in [0.5, 0.6) is 0 Å². The van der Waals surface area contributed by atoms with Crippen molar-refractivity contribution in [2.24, 2.45) is 0 Å². The van der Waals surface area contributed by atoms with Gasteiger partial charge in [0.1, 0.15) is 16.7 Å². The first-order valence-electron chi connectivity index (χ1n) is 4.60. The fourth-order valence-corrected chi connectivity index (χ4v) is 1.94. The Hall–Kier alpha value is -1.75. The average Bonchev–Trinajstić information content (AvgIpc) is 2.27. The number of nitrogen functional groups attached to an aromatic ring is 2. The standard InChI is InChI=1S/C11H10FN3S/c12-7-1-3-8(4-2-7)16-10-6-5-9(13)11(14)15-10/h1-6H,13H2,(H2,14,15). The second-order valence-electron chi connectivity index (χ2n) is 3.18. The molecule has 0 saturated carbocycles. The number of rotatable bonds is 2. The Balaban J connectivity index is 2.20. The molecule has 0 spiro atoms. The molecule has 5 heteroatoms. The SMILES string of the molecule is Nc1ccc(Sc2ccc(F)cc2)nc1N. The minimum absolute atomic E-state index is 0.255. The van der Waals surface area contributed by atoms with E-state index < -0.39 is 0 Å². The molecule has 3 nitrogen and oxygen atoms in total. The fraction of sp³-hybridized carbons (Fsp3) is 0. The second kappa shape index (κ2) is 4.40. The molecular weight excluding hydrogens is 225 g/mol. The van der Waals surface area contributed by atoms with Gasteiger partial charge in [0.15, 0.2) is 0 Å². The summed E-state index contributed by atoms with van der Waals surface area (Å²) in [6.07, 6.45) is 0. The van der Waals surface area contributed by atoms with Crippen molar-refractivity contribution in [3.05, 3.63) is 42.2 Å². The van der Waals surface area contributed by atoms with Crippen LogP contribution < -0.4 is 11.5 Å². The zero-order valence-electron chi connectivity index (χ0n) is 8.35. The molecule has 1 aromatic carbocycles. The lowest BCUT2D eigenvalue weighted by Crippen LogP contribution is -1.97. The molecule has 0 fully saturated rings. The molecule has 1 aromatic heterocycles. The van der Waals surface area contributed by atoms with E-state index >= 15 is 0 Å². The number of hydrogen-bond donors (Lipinski definition) is 2. The van der Waals surface area contributed by atoms with E-state index in [2.05, 4.69) is 4.98 Å². The Morgan fingerprint density at radius 2 is 1.69 bits per heavy atom. The molecule has 16 heavy (non-hydrogen) atoms. The molecule has 0 aliphatic heterocycles. The summed E-state index contributed by atoms with van der Waals surface area (Å²) in [5.74, 6) is 0.0567. The zero-order chi connectivity index (χ0) is 11.5. The summed E-state index contributed by atoms with van der Waals surface area (Å²) in [7, 11) is 0. The van der Waals surface area contributed by atoms with E-state index in [9.17, 15) is 4.39 Å². The Bertz CT molecular complexity index is 499. The molecule has 4 N–H and O–H groups in total. The summed E-state index contributed by atoms with van der Waals surface area (Å²) in [6.45, 7) is 0. The molecule has 0 amide bonds. The maximum Gasteiger partial charge on any atom is 0.147 e. The summed E-state index contributed by atoms with van der Waals surface area (Å²) < 4.78 is 12.7. The van der Waals surface area contributed by atoms with Gasteiger partial charge in [0.25, 0.3) is 0 Å². The highest BCUT2D eigenvalue weighted by atomic mass is 32.2. The normalized spacial score (nSPS) is 10.3. The molecule has 1 heterocycles. The minimum Gasteiger partial charge on any atom is -0.396 e. The van der Waals surface area contributed by atoms with Crippen molar-refractivity contribution in [2.75, 3.05) is 11.5 Å². The number of anilines is 2. The Labute approximate surface area is 96.7 Å². The lowest BCUT2D eigenvalue weighted by molar-refractivity contribution is 0.626. The summed E-state index contributed by atoms with van der Waals surface area (Å²) in [5, 5.41) is 0.735. The van der Waals surface area contributed by atoms with Crippen LogP contribution in [0.2, 0.25) is 0 Å². The van der Waals surface area contributed by atoms with Gasteiger partial charge in [0.2, 0.25) is 0 Å². The van der Waals surface area contributed by atoms with E-state index in [1.165, 1.54) is 23.9 Å². The average molecular weight is 235 g/mol. The van der Waals surface area contributed by atoms with Gasteiger partial charge in [-0.2, -0.15) is 0 Å². The highest BCUT2D eigenvalue weighted by molar-refractivity contribution is 7.99. The smallest absolute Gasteiger partial charge is 0.147 e. The van der Waals surface area contributed by atoms with Crippen LogP contribution in [0.4, 0.5) is 15.9 Å². The molecule has 82 valence electrons. The van der Waals surface area contributed by atoms with Gasteiger partial charge in [0, 0.05) is 4.90 Å². The van der Waals surface area contributed by atoms with E-state index in [4.69, 9.17) is 11.5 Å². The number of benzene rings is 1. The molecule has 0 aliphatic rings. The van der Waals surface area contributed by atoms with Gasteiger partial charge < -0.3 is 11.5 Å². The largest absolute Gasteiger partial charge is 0.396 e. The van der Waals surface area contributed by atoms with Gasteiger partial charge in [0.05, 0.1) is 5.69 Å². The Morgan fingerprint density at radius 1 is 1.00 bits per heavy atom. The monoisotopic (exact) mass is 235 g/mol. The molecule has 0 aliphatic carbocycles. The van der Waals surface area contributed by atoms with Gasteiger partial charge in [-0.05, 0) is 36.4 Å². The van der Waals surface area contributed by atoms with Gasteiger partial charge in [-0.25, -0.2) is 9.37 Å². The van der Waals surface area contributed by atoms with Crippen molar-refractivity contribution < 1.29 is 4.39 Å². The predicted octanol–water partition coefficient (Wildman–Crippen LogP) is 2.54. The third kappa shape index (κ3) is 2.43. The van der Waals surface area contributed by atoms with Crippen molar-refractivity contribution in [2.45, 2.75) is 9.92 Å². The first kappa shape index (κ1) is 10.8. The van der Waals surface area contributed by atoms with Crippen LogP contribution in [-0.2, 0) is 0 Å². The highest BCUT2D eigenvalue weighted by Crippen LogP contribution is 2.27. The molecule has 2 aromatic rings. The molecule has 0 radical (unpaired) electrons. The summed E-state index contributed by atoms with van der Waals surface area (Å²) >= 11 is 1.41. The van der Waals surface area contributed by atoms with Crippen molar-refractivity contribution in [1.29, 1.82) is 0 Å². The van der Waals surface area contributed by atoms with Gasteiger partial charge in [-0.3, -0.25) is 0 Å². The van der Waals surface area contributed by atoms with Crippen LogP contribution in [0.15, 0.2) is 46.3 Å². The Kier molecular flexibility index (Phi) is 2.96. The molecule has 2 rings (SSSR count). The lowest BCUT2D eigenvalue weighted by Gasteiger charge is -2.03. The maximum atomic E-state index is 12.7. The van der Waals surface area contributed by atoms with Crippen LogP contribution in [0.3, 0.4) is 0 Å². The van der Waals surface area contributed by atoms with Crippen LogP contribution in [-0.4, -0.2) is 4.98 Å². The van der Waals surface area contributed by atoms with E-state index in [0.29, 0.717) is 11.5 Å². The predicted molar refractivity (Wildman–Crippen MR) is 63.6 cm³/mol. The van der Waals surface area contributed by atoms with E-state index in [1.807, 2.05) is 0 Å². The lowest BCUT2D eigenvalue weighted by atomic mass is 10.4. The van der Waals surface area contributed by atoms with Crippen molar-refractivity contribution in [3.8, 4) is 0 Å². The molecule has 0 saturated heterocycles. The summed E-state index contributed by atoms with van der Waals surface area (Å²) in [5.41, 5.74) is 11.6. The van der Waals surface area contributed by atoms with Crippen LogP contribution in [0, 0.1) is 5.82 Å². The highest BCUT2D eigenvalue weighted by Gasteiger charge is 2.02. The number of nitrogens with two attached hydrogens (primary N) is 2. The number of hydrogen-bond acceptors (Lipinski definition) is 4. The van der Waals surface area contributed by atoms with Crippen molar-refractivity contribution in [3.63, 3.8) is 0 Å². The zero-order valence-corrected chi connectivity index (χ0v) is 9.17. The third-order valence-electron chi connectivity index (χ3n) is 1.97. The summed E-state index contributed by atoms with van der Waals surface area (Å²) in [4.78, 5) is 5.01. The molecule has 0 atom stereocenters. The Morgan fingerprint density at radius 3 is 2.31 bits per heavy atom. The molecule has 0 bridgehead atoms. The van der Waals surface area contributed by atoms with E-state index in [0.717, 1.165) is 9.92 Å². The number of halogens is 1. The van der Waals surface area contributed by atoms with Gasteiger partial charge >= 0.3 is 0 Å². The molecular formula is C11H10FN3S. The fourth-order valence-electron chi connectivity index (χ4n) is 1.15. The van der Waals surface area contributed by atoms with Crippen molar-refractivity contribution >= 4 is 23.3 Å². The number of nitrogens with zero attached hydrogens (tertiary/aromatic N) is 1. The quantitative estimate of drug-likeness (QED) is 0.839. The molecule has 0 unspecified atom stereocenters. The van der Waals surface area contributed by atoms with Crippen LogP contribution >= 0.6 is 11.8 Å². The van der Waals surface area contributed by atoms with Crippen molar-refractivity contribution in [1.82, 2.24) is 4.98 Å². The number of aromatic nitrogens is 1. The van der Waals surface area contributed by atoms with Gasteiger partial charge in [-0.1, -0.05) is 11.8 Å². The van der Waals surface area contributed by atoms with E-state index in [-0.39, 0.29) is 5.82 Å². The topological polar surface area (TPSA) is 64.9 Å². The first-order valence-corrected chi connectivity index (χ1v) is 5.42. The maximum absolute atomic E-state index is 12.7. The first-order chi connectivity index (χ1) is 7.65. The van der Waals surface area contributed by atoms with Gasteiger partial charge in [-0.15, -0.1) is 0 Å². The van der Waals surface area contributed by atoms with E-state index in [1.54, 1.807) is 24.3 Å². The minimum atomic E-state index is -0.255. The second-order valence-corrected chi connectivity index (χ2v) is 4.27. The van der Waals surface area contributed by atoms with Crippen LogP contribution in [0.25, 0.3) is 0 Å². The number of pyridine rings is 1. The summed E-state index contributed by atoms with van der Waals surface area (Å²) in [6, 6.07) is 9.67. The van der Waals surface area contributed by atoms with Crippen LogP contribution in [0.1, 0.15) is 0 Å². The third-order valence-corrected chi connectivity index (χ3v) is 2.91.